The molecule has 0 aliphatic carbocycles. The maximum atomic E-state index is 4.95. The maximum absolute atomic E-state index is 4.95. The minimum atomic E-state index is -1.57. The summed E-state index contributed by atoms with van der Waals surface area (Å²) in [5.74, 6) is 0. The van der Waals surface area contributed by atoms with Crippen molar-refractivity contribution in [3.8, 4) is 0 Å². The summed E-state index contributed by atoms with van der Waals surface area (Å²) in [4.78, 5) is 7.29. The van der Waals surface area contributed by atoms with Gasteiger partial charge in [0.25, 0.3) is 0 Å². The Labute approximate surface area is 80.4 Å². The van der Waals surface area contributed by atoms with E-state index in [1.54, 1.807) is 7.11 Å². The van der Waals surface area contributed by atoms with Gasteiger partial charge in [-0.25, -0.2) is 0 Å². The van der Waals surface area contributed by atoms with E-state index in [2.05, 4.69) is 33.5 Å². The first-order valence-electron chi connectivity index (χ1n) is 4.29. The number of ether oxygens (including phenoxy) is 1. The Hall–Kier alpha value is 0.239. The molecular formula is C10H20OSn. The van der Waals surface area contributed by atoms with E-state index in [1.165, 1.54) is 4.44 Å². The van der Waals surface area contributed by atoms with Crippen molar-refractivity contribution in [1.29, 1.82) is 0 Å². The average molecular weight is 275 g/mol. The van der Waals surface area contributed by atoms with Gasteiger partial charge in [0.1, 0.15) is 0 Å². The molecule has 0 radical (unpaired) electrons. The van der Waals surface area contributed by atoms with Crippen molar-refractivity contribution in [3.63, 3.8) is 0 Å². The van der Waals surface area contributed by atoms with Crippen molar-refractivity contribution in [3.05, 3.63) is 24.3 Å². The molecule has 12 heavy (non-hydrogen) atoms. The molecule has 70 valence electrons. The summed E-state index contributed by atoms with van der Waals surface area (Å²) < 4.78 is 6.24. The molecule has 0 saturated heterocycles. The van der Waals surface area contributed by atoms with E-state index >= 15 is 0 Å². The van der Waals surface area contributed by atoms with Crippen LogP contribution in [0.25, 0.3) is 0 Å². The zero-order valence-corrected chi connectivity index (χ0v) is 11.5. The molecule has 0 saturated carbocycles. The van der Waals surface area contributed by atoms with Crippen molar-refractivity contribution in [2.45, 2.75) is 19.3 Å². The second kappa shape index (κ2) is 5.81. The van der Waals surface area contributed by atoms with Crippen LogP contribution in [0.1, 0.15) is 0 Å². The minimum absolute atomic E-state index is 0.649. The summed E-state index contributed by atoms with van der Waals surface area (Å²) in [6.45, 7) is 4.52. The van der Waals surface area contributed by atoms with E-state index in [0.29, 0.717) is 6.61 Å². The Morgan fingerprint density at radius 3 is 2.42 bits per heavy atom. The van der Waals surface area contributed by atoms with Gasteiger partial charge in [-0.1, -0.05) is 0 Å². The molecule has 0 atom stereocenters. The average Bonchev–Trinajstić information content (AvgIpc) is 1.84. The summed E-state index contributed by atoms with van der Waals surface area (Å²) in [5.41, 5.74) is 1.06. The topological polar surface area (TPSA) is 9.23 Å². The molecule has 0 aromatic rings. The molecule has 0 heterocycles. The molecule has 0 aliphatic rings. The van der Waals surface area contributed by atoms with Gasteiger partial charge in [0.15, 0.2) is 0 Å². The van der Waals surface area contributed by atoms with Crippen molar-refractivity contribution < 1.29 is 4.74 Å². The molecule has 0 amide bonds. The van der Waals surface area contributed by atoms with Gasteiger partial charge in [0.2, 0.25) is 0 Å². The van der Waals surface area contributed by atoms with E-state index < -0.39 is 18.4 Å². The number of rotatable bonds is 5. The molecule has 2 heteroatoms. The number of hydrogen-bond donors (Lipinski definition) is 0. The zero-order chi connectivity index (χ0) is 9.61. The van der Waals surface area contributed by atoms with Crippen LogP contribution in [0.3, 0.4) is 0 Å². The summed E-state index contributed by atoms with van der Waals surface area (Å²) in [5, 5.41) is 0. The third kappa shape index (κ3) is 8.34. The van der Waals surface area contributed by atoms with E-state index in [1.807, 2.05) is 0 Å². The second-order valence-corrected chi connectivity index (χ2v) is 20.0. The fraction of sp³-hybridized carbons (Fsp3) is 0.600. The molecule has 0 unspecified atom stereocenters. The Bertz CT molecular complexity index is 165. The van der Waals surface area contributed by atoms with E-state index in [-0.39, 0.29) is 0 Å². The van der Waals surface area contributed by atoms with Gasteiger partial charge in [-0.05, 0) is 0 Å². The molecule has 0 bridgehead atoms. The Kier molecular flexibility index (Phi) is 5.93. The molecule has 0 aromatic carbocycles. The molecular weight excluding hydrogens is 255 g/mol. The molecule has 0 aliphatic heterocycles. The van der Waals surface area contributed by atoms with Gasteiger partial charge in [0, 0.05) is 0 Å². The van der Waals surface area contributed by atoms with Crippen LogP contribution >= 0.6 is 0 Å². The van der Waals surface area contributed by atoms with Gasteiger partial charge in [-0.3, -0.25) is 0 Å². The van der Waals surface area contributed by atoms with E-state index in [9.17, 15) is 0 Å². The van der Waals surface area contributed by atoms with E-state index in [0.717, 1.165) is 5.57 Å². The predicted octanol–water partition coefficient (Wildman–Crippen LogP) is 3.08. The van der Waals surface area contributed by atoms with E-state index in [4.69, 9.17) is 4.74 Å². The van der Waals surface area contributed by atoms with Crippen LogP contribution in [0.4, 0.5) is 0 Å². The van der Waals surface area contributed by atoms with Crippen LogP contribution in [0, 0.1) is 0 Å². The first-order chi connectivity index (χ1) is 5.45. The van der Waals surface area contributed by atoms with Crippen LogP contribution in [-0.4, -0.2) is 32.1 Å². The Morgan fingerprint density at radius 1 is 1.42 bits per heavy atom. The molecule has 0 aromatic heterocycles. The van der Waals surface area contributed by atoms with Crippen molar-refractivity contribution in [2.75, 3.05) is 13.7 Å². The summed E-state index contributed by atoms with van der Waals surface area (Å²) in [6, 6.07) is 0. The zero-order valence-electron chi connectivity index (χ0n) is 8.68. The summed E-state index contributed by atoms with van der Waals surface area (Å²) in [7, 11) is 1.70. The molecule has 1 nitrogen and oxygen atoms in total. The fourth-order valence-electron chi connectivity index (χ4n) is 0.813. The Balaban J connectivity index is 3.69. The number of hydrogen-bond acceptors (Lipinski definition) is 1. The summed E-state index contributed by atoms with van der Waals surface area (Å²) in [6.07, 6.45) is 4.34. The molecule has 0 rings (SSSR count). The quantitative estimate of drug-likeness (QED) is 0.553. The molecule has 0 fully saturated rings. The van der Waals surface area contributed by atoms with Crippen molar-refractivity contribution in [2.24, 2.45) is 0 Å². The van der Waals surface area contributed by atoms with Gasteiger partial charge >= 0.3 is 80.4 Å². The van der Waals surface area contributed by atoms with Crippen molar-refractivity contribution >= 4 is 18.4 Å². The van der Waals surface area contributed by atoms with Crippen LogP contribution < -0.4 is 0 Å². The monoisotopic (exact) mass is 276 g/mol. The SMILES string of the molecule is C=C(/C=C/[CH2][Sn]([CH3])([CH3])[CH3])COC. The second-order valence-electron chi connectivity index (χ2n) is 4.26. The number of allylic oxidation sites excluding steroid dienone is 1. The standard InChI is InChI=1S/C7H11O.3CH3.Sn/c1-4-5-7(2)6-8-3;;;;/h4-5H,1-2,6H2,3H3;3*1H3;/b5-4+;;;;. The first-order valence-corrected chi connectivity index (χ1v) is 14.9. The normalized spacial score (nSPS) is 12.3. The van der Waals surface area contributed by atoms with Crippen LogP contribution in [-0.2, 0) is 4.74 Å². The summed E-state index contributed by atoms with van der Waals surface area (Å²) >= 11 is -1.57. The van der Waals surface area contributed by atoms with Crippen molar-refractivity contribution in [1.82, 2.24) is 0 Å². The van der Waals surface area contributed by atoms with Gasteiger partial charge in [-0.15, -0.1) is 0 Å². The third-order valence-electron chi connectivity index (χ3n) is 1.41. The van der Waals surface area contributed by atoms with Crippen LogP contribution in [0.5, 0.6) is 0 Å². The number of methoxy groups -OCH3 is 1. The van der Waals surface area contributed by atoms with Gasteiger partial charge < -0.3 is 0 Å². The van der Waals surface area contributed by atoms with Crippen LogP contribution in [0.15, 0.2) is 24.3 Å². The molecule has 0 N–H and O–H groups in total. The molecule has 0 spiro atoms. The predicted molar refractivity (Wildman–Crippen MR) is 58.3 cm³/mol. The van der Waals surface area contributed by atoms with Crippen LogP contribution in [0.2, 0.25) is 19.3 Å². The first kappa shape index (κ1) is 12.2. The third-order valence-corrected chi connectivity index (χ3v) is 5.58. The van der Waals surface area contributed by atoms with Gasteiger partial charge in [0.05, 0.1) is 0 Å². The Morgan fingerprint density at radius 2 is 2.00 bits per heavy atom. The van der Waals surface area contributed by atoms with Gasteiger partial charge in [-0.2, -0.15) is 0 Å². The fourth-order valence-corrected chi connectivity index (χ4v) is 3.17.